The van der Waals surface area contributed by atoms with Crippen LogP contribution < -0.4 is 15.4 Å². The van der Waals surface area contributed by atoms with E-state index in [4.69, 9.17) is 29.1 Å². The summed E-state index contributed by atoms with van der Waals surface area (Å²) < 4.78 is 27.1. The van der Waals surface area contributed by atoms with Crippen LogP contribution in [0.1, 0.15) is 101 Å². The summed E-state index contributed by atoms with van der Waals surface area (Å²) in [7, 11) is 0. The average molecular weight is 650 g/mol. The van der Waals surface area contributed by atoms with Gasteiger partial charge in [-0.25, -0.2) is 24.1 Å². The second-order valence-corrected chi connectivity index (χ2v) is 14.3. The Hall–Kier alpha value is -4.36. The van der Waals surface area contributed by atoms with E-state index < -0.39 is 52.7 Å². The van der Waals surface area contributed by atoms with Crippen LogP contribution in [-0.2, 0) is 18.9 Å². The molecule has 0 heterocycles. The number of nitrogens with one attached hydrogen (secondary N) is 3. The number of hydrogen-bond donors (Lipinski definition) is 3. The molecular weight excluding hydrogens is 598 g/mol. The minimum Gasteiger partial charge on any atom is -0.494 e. The molecule has 0 aliphatic carbocycles. The molecule has 1 rings (SSSR count). The van der Waals surface area contributed by atoms with Crippen LogP contribution in [-0.4, -0.2) is 76.6 Å². The Morgan fingerprint density at radius 2 is 1.17 bits per heavy atom. The SMILES string of the molecule is CC(C)(C)OC(=O)N=C(NC(=O)OC(C)(C)C)N(CCCCOc1ccc(C(=N)NC(=O)OC(C)(C)C)cc1)C(=O)OC(C)(C)C. The number of unbranched alkanes of at least 4 members (excludes halogenated alkanes) is 1. The molecule has 0 fully saturated rings. The summed E-state index contributed by atoms with van der Waals surface area (Å²) in [5.74, 6) is 0.000146. The molecule has 0 saturated carbocycles. The largest absolute Gasteiger partial charge is 0.494 e. The quantitative estimate of drug-likeness (QED) is 0.125. The van der Waals surface area contributed by atoms with Gasteiger partial charge in [0.1, 0.15) is 34.0 Å². The van der Waals surface area contributed by atoms with E-state index in [1.165, 1.54) is 0 Å². The molecule has 258 valence electrons. The van der Waals surface area contributed by atoms with Crippen molar-refractivity contribution in [2.45, 2.75) is 118 Å². The number of amides is 4. The molecule has 1 aromatic carbocycles. The fraction of sp³-hybridized carbons (Fsp3) is 0.625. The maximum Gasteiger partial charge on any atom is 0.437 e. The van der Waals surface area contributed by atoms with Crippen molar-refractivity contribution in [3.8, 4) is 5.75 Å². The van der Waals surface area contributed by atoms with Crippen LogP contribution in [0, 0.1) is 5.41 Å². The molecule has 0 atom stereocenters. The molecule has 3 N–H and O–H groups in total. The minimum atomic E-state index is -1.02. The second-order valence-electron chi connectivity index (χ2n) is 14.3. The highest BCUT2D eigenvalue weighted by Crippen LogP contribution is 2.16. The standard InChI is InChI=1S/C32H51N5O9/c1-29(2,3)43-25(38)34-23(33)21-15-17-22(18-16-21)42-20-14-13-19-37(28(41)46-32(10,11)12)24(35-26(39)44-30(4,5)6)36-27(40)45-31(7,8)9/h15-18H,13-14,19-20H2,1-12H3,(H2,33,34,38)(H,35,36,39,40). The molecular formula is C32H51N5O9. The van der Waals surface area contributed by atoms with Gasteiger partial charge in [-0.15, -0.1) is 4.99 Å². The Balaban J connectivity index is 2.99. The number of carbonyl (C=O) groups is 4. The van der Waals surface area contributed by atoms with Crippen molar-refractivity contribution in [3.63, 3.8) is 0 Å². The first-order chi connectivity index (χ1) is 20.8. The summed E-state index contributed by atoms with van der Waals surface area (Å²) in [4.78, 5) is 55.4. The van der Waals surface area contributed by atoms with Gasteiger partial charge in [-0.3, -0.25) is 16.0 Å². The van der Waals surface area contributed by atoms with E-state index in [1.807, 2.05) is 0 Å². The lowest BCUT2D eigenvalue weighted by Crippen LogP contribution is -2.50. The van der Waals surface area contributed by atoms with Crippen LogP contribution in [0.4, 0.5) is 19.2 Å². The van der Waals surface area contributed by atoms with Crippen molar-refractivity contribution < 1.29 is 42.9 Å². The zero-order chi connectivity index (χ0) is 35.5. The summed E-state index contributed by atoms with van der Waals surface area (Å²) in [6.45, 7) is 20.5. The van der Waals surface area contributed by atoms with E-state index in [0.29, 0.717) is 24.2 Å². The summed E-state index contributed by atoms with van der Waals surface area (Å²) in [5, 5.41) is 12.9. The summed E-state index contributed by atoms with van der Waals surface area (Å²) >= 11 is 0. The molecule has 1 aromatic rings. The topological polar surface area (TPSA) is 178 Å². The predicted molar refractivity (Wildman–Crippen MR) is 173 cm³/mol. The van der Waals surface area contributed by atoms with Crippen molar-refractivity contribution in [1.29, 1.82) is 5.41 Å². The fourth-order valence-corrected chi connectivity index (χ4v) is 3.28. The fourth-order valence-electron chi connectivity index (χ4n) is 3.28. The Morgan fingerprint density at radius 3 is 1.65 bits per heavy atom. The Labute approximate surface area is 272 Å². The van der Waals surface area contributed by atoms with E-state index in [0.717, 1.165) is 4.90 Å². The molecule has 0 aromatic heterocycles. The number of benzene rings is 1. The van der Waals surface area contributed by atoms with Crippen LogP contribution >= 0.6 is 0 Å². The Bertz CT molecular complexity index is 1250. The first kappa shape index (κ1) is 39.7. The average Bonchev–Trinajstić information content (AvgIpc) is 2.81. The van der Waals surface area contributed by atoms with Crippen LogP contribution in [0.3, 0.4) is 0 Å². The van der Waals surface area contributed by atoms with Crippen LogP contribution in [0.15, 0.2) is 29.3 Å². The highest BCUT2D eigenvalue weighted by Gasteiger charge is 2.30. The monoisotopic (exact) mass is 649 g/mol. The van der Waals surface area contributed by atoms with Crippen molar-refractivity contribution in [2.75, 3.05) is 13.2 Å². The molecule has 0 spiro atoms. The molecule has 0 bridgehead atoms. The number of nitrogens with zero attached hydrogens (tertiary/aromatic N) is 2. The molecule has 46 heavy (non-hydrogen) atoms. The molecule has 14 nitrogen and oxygen atoms in total. The van der Waals surface area contributed by atoms with Crippen molar-refractivity contribution in [2.24, 2.45) is 4.99 Å². The van der Waals surface area contributed by atoms with Gasteiger partial charge in [0.2, 0.25) is 5.96 Å². The highest BCUT2D eigenvalue weighted by atomic mass is 16.6. The van der Waals surface area contributed by atoms with E-state index in [1.54, 1.807) is 107 Å². The van der Waals surface area contributed by atoms with Gasteiger partial charge in [0.15, 0.2) is 0 Å². The number of alkyl carbamates (subject to hydrolysis) is 2. The number of rotatable bonds is 7. The number of ether oxygens (including phenoxy) is 5. The lowest BCUT2D eigenvalue weighted by Gasteiger charge is -2.29. The normalized spacial score (nSPS) is 12.4. The van der Waals surface area contributed by atoms with E-state index in [-0.39, 0.29) is 19.0 Å². The number of carbonyl (C=O) groups excluding carboxylic acids is 4. The van der Waals surface area contributed by atoms with Crippen LogP contribution in [0.5, 0.6) is 5.75 Å². The smallest absolute Gasteiger partial charge is 0.437 e. The van der Waals surface area contributed by atoms with E-state index in [9.17, 15) is 19.2 Å². The van der Waals surface area contributed by atoms with Gasteiger partial charge >= 0.3 is 24.4 Å². The molecule has 14 heteroatoms. The van der Waals surface area contributed by atoms with Gasteiger partial charge < -0.3 is 23.7 Å². The molecule has 4 amide bonds. The van der Waals surface area contributed by atoms with Crippen LogP contribution in [0.2, 0.25) is 0 Å². The lowest BCUT2D eigenvalue weighted by atomic mass is 10.2. The Kier molecular flexibility index (Phi) is 14.0. The van der Waals surface area contributed by atoms with Gasteiger partial charge in [0.25, 0.3) is 0 Å². The summed E-state index contributed by atoms with van der Waals surface area (Å²) in [6, 6.07) is 6.57. The first-order valence-electron chi connectivity index (χ1n) is 15.0. The molecule has 0 aliphatic rings. The minimum absolute atomic E-state index is 0.00212. The highest BCUT2D eigenvalue weighted by molar-refractivity contribution is 6.05. The van der Waals surface area contributed by atoms with Crippen molar-refractivity contribution in [1.82, 2.24) is 15.5 Å². The third-order valence-corrected chi connectivity index (χ3v) is 4.89. The van der Waals surface area contributed by atoms with Gasteiger partial charge in [-0.05, 0) is 120 Å². The molecule has 0 unspecified atom stereocenters. The summed E-state index contributed by atoms with van der Waals surface area (Å²) in [5.41, 5.74) is -2.85. The number of aliphatic imine (C=N–C) groups is 1. The summed E-state index contributed by atoms with van der Waals surface area (Å²) in [6.07, 6.45) is -2.68. The number of amidine groups is 1. The van der Waals surface area contributed by atoms with E-state index in [2.05, 4.69) is 15.6 Å². The van der Waals surface area contributed by atoms with Crippen molar-refractivity contribution in [3.05, 3.63) is 29.8 Å². The first-order valence-corrected chi connectivity index (χ1v) is 15.0. The molecule has 0 saturated heterocycles. The number of guanidine groups is 1. The maximum absolute atomic E-state index is 13.2. The second kappa shape index (κ2) is 16.3. The van der Waals surface area contributed by atoms with Gasteiger partial charge in [-0.1, -0.05) is 0 Å². The van der Waals surface area contributed by atoms with Gasteiger partial charge in [0, 0.05) is 12.1 Å². The molecule has 0 aliphatic heterocycles. The number of hydrogen-bond acceptors (Lipinski definition) is 10. The third-order valence-electron chi connectivity index (χ3n) is 4.89. The van der Waals surface area contributed by atoms with E-state index >= 15 is 0 Å². The van der Waals surface area contributed by atoms with Gasteiger partial charge in [0.05, 0.1) is 6.61 Å². The zero-order valence-corrected chi connectivity index (χ0v) is 29.2. The van der Waals surface area contributed by atoms with Crippen LogP contribution in [0.25, 0.3) is 0 Å². The predicted octanol–water partition coefficient (Wildman–Crippen LogP) is 6.75. The van der Waals surface area contributed by atoms with Gasteiger partial charge in [-0.2, -0.15) is 0 Å². The molecule has 0 radical (unpaired) electrons. The lowest BCUT2D eigenvalue weighted by molar-refractivity contribution is 0.0352. The Morgan fingerprint density at radius 1 is 0.696 bits per heavy atom. The third kappa shape index (κ3) is 17.8. The zero-order valence-electron chi connectivity index (χ0n) is 29.2. The maximum atomic E-state index is 13.2. The van der Waals surface area contributed by atoms with Crippen molar-refractivity contribution >= 4 is 36.2 Å².